The van der Waals surface area contributed by atoms with Gasteiger partial charge in [0.2, 0.25) is 5.88 Å². The van der Waals surface area contributed by atoms with Crippen LogP contribution in [0.25, 0.3) is 0 Å². The molecule has 11 nitrogen and oxygen atoms in total. The van der Waals surface area contributed by atoms with Crippen LogP contribution >= 0.6 is 23.2 Å². The van der Waals surface area contributed by atoms with Crippen LogP contribution in [0.4, 0.5) is 21.9 Å². The van der Waals surface area contributed by atoms with E-state index < -0.39 is 12.1 Å². The highest BCUT2D eigenvalue weighted by molar-refractivity contribution is 6.37. The molecule has 0 radical (unpaired) electrons. The Bertz CT molecular complexity index is 1750. The fourth-order valence-electron chi connectivity index (χ4n) is 5.04. The van der Waals surface area contributed by atoms with Crippen molar-refractivity contribution in [3.8, 4) is 17.4 Å². The standard InChI is InChI=1S/C30H25Cl2N5O6/c1-35-16-17(12-27(35)43-30(40)41)34-28(38)19-13-22(32)26(14-21(19)31)42-25-8-9-33-15-20(25)29(39)37-11-10-36(18-6-7-18)23-4-2-3-5-24(23)37/h2-5,8-9,12-16,18H,6-7,10-11H2,1H3,(H,34,38)(H,40,41). The lowest BCUT2D eigenvalue weighted by atomic mass is 10.1. The van der Waals surface area contributed by atoms with Crippen LogP contribution in [0.3, 0.4) is 0 Å². The topological polar surface area (TPSA) is 126 Å². The zero-order valence-corrected chi connectivity index (χ0v) is 24.3. The van der Waals surface area contributed by atoms with Gasteiger partial charge < -0.3 is 34.3 Å². The van der Waals surface area contributed by atoms with Crippen molar-refractivity contribution < 1.29 is 29.0 Å². The number of rotatable bonds is 7. The Morgan fingerprint density at radius 3 is 2.49 bits per heavy atom. The van der Waals surface area contributed by atoms with Crippen molar-refractivity contribution in [2.24, 2.45) is 7.05 Å². The van der Waals surface area contributed by atoms with Gasteiger partial charge in [0.15, 0.2) is 0 Å². The van der Waals surface area contributed by atoms with Crippen molar-refractivity contribution in [1.29, 1.82) is 0 Å². The lowest BCUT2D eigenvalue weighted by Gasteiger charge is -2.38. The number of nitrogens with one attached hydrogen (secondary N) is 1. The lowest BCUT2D eigenvalue weighted by molar-refractivity contribution is 0.0982. The molecule has 2 aromatic carbocycles. The minimum Gasteiger partial charge on any atom is -0.455 e. The molecule has 0 unspecified atom stereocenters. The summed E-state index contributed by atoms with van der Waals surface area (Å²) in [5.74, 6) is -0.466. The van der Waals surface area contributed by atoms with Gasteiger partial charge in [-0.1, -0.05) is 35.3 Å². The van der Waals surface area contributed by atoms with Gasteiger partial charge in [-0.05, 0) is 37.1 Å². The largest absolute Gasteiger partial charge is 0.512 e. The SMILES string of the molecule is Cn1cc(NC(=O)c2cc(Cl)c(Oc3ccncc3C(=O)N3CCN(C4CC4)c4ccccc43)cc2Cl)cc1OC(=O)O. The van der Waals surface area contributed by atoms with E-state index in [4.69, 9.17) is 33.0 Å². The van der Waals surface area contributed by atoms with Crippen LogP contribution in [-0.2, 0) is 7.05 Å². The summed E-state index contributed by atoms with van der Waals surface area (Å²) in [7, 11) is 1.56. The normalized spacial score (nSPS) is 14.2. The third kappa shape index (κ3) is 5.81. The summed E-state index contributed by atoms with van der Waals surface area (Å²) in [6.07, 6.45) is 5.26. The molecule has 0 saturated heterocycles. The molecule has 220 valence electrons. The van der Waals surface area contributed by atoms with Crippen molar-refractivity contribution in [1.82, 2.24) is 9.55 Å². The van der Waals surface area contributed by atoms with Crippen LogP contribution in [0.5, 0.6) is 17.4 Å². The molecule has 2 aliphatic rings. The average molecular weight is 622 g/mol. The van der Waals surface area contributed by atoms with Gasteiger partial charge in [-0.2, -0.15) is 0 Å². The predicted molar refractivity (Wildman–Crippen MR) is 161 cm³/mol. The number of halogens is 2. The number of fused-ring (bicyclic) bond motifs is 1. The highest BCUT2D eigenvalue weighted by Gasteiger charge is 2.36. The van der Waals surface area contributed by atoms with Crippen LogP contribution in [0.1, 0.15) is 33.6 Å². The number of anilines is 3. The second-order valence-corrected chi connectivity index (χ2v) is 10.9. The number of amides is 2. The number of pyridine rings is 1. The number of nitrogens with zero attached hydrogens (tertiary/aromatic N) is 4. The van der Waals surface area contributed by atoms with E-state index in [9.17, 15) is 14.4 Å². The predicted octanol–water partition coefficient (Wildman–Crippen LogP) is 6.46. The Kier molecular flexibility index (Phi) is 7.59. The Morgan fingerprint density at radius 1 is 0.977 bits per heavy atom. The number of aromatic nitrogens is 2. The van der Waals surface area contributed by atoms with Gasteiger partial charge in [-0.15, -0.1) is 0 Å². The van der Waals surface area contributed by atoms with E-state index in [-0.39, 0.29) is 50.1 Å². The first-order valence-corrected chi connectivity index (χ1v) is 14.1. The summed E-state index contributed by atoms with van der Waals surface area (Å²) in [6.45, 7) is 1.24. The van der Waals surface area contributed by atoms with Crippen LogP contribution in [-0.4, -0.2) is 51.8 Å². The Morgan fingerprint density at radius 2 is 1.74 bits per heavy atom. The average Bonchev–Trinajstić information content (AvgIpc) is 3.77. The number of benzene rings is 2. The summed E-state index contributed by atoms with van der Waals surface area (Å²) in [5.41, 5.74) is 2.45. The molecular formula is C30H25Cl2N5O6. The van der Waals surface area contributed by atoms with Crippen molar-refractivity contribution in [3.63, 3.8) is 0 Å². The Labute approximate surface area is 256 Å². The van der Waals surface area contributed by atoms with Gasteiger partial charge in [-0.25, -0.2) is 4.79 Å². The van der Waals surface area contributed by atoms with Crippen molar-refractivity contribution in [2.45, 2.75) is 18.9 Å². The van der Waals surface area contributed by atoms with E-state index in [1.165, 1.54) is 41.4 Å². The van der Waals surface area contributed by atoms with Crippen LogP contribution in [0, 0.1) is 0 Å². The number of hydrogen-bond acceptors (Lipinski definition) is 7. The van der Waals surface area contributed by atoms with E-state index in [0.29, 0.717) is 12.6 Å². The maximum Gasteiger partial charge on any atom is 0.512 e. The van der Waals surface area contributed by atoms with Gasteiger partial charge in [-0.3, -0.25) is 14.6 Å². The summed E-state index contributed by atoms with van der Waals surface area (Å²) >= 11 is 13.0. The monoisotopic (exact) mass is 621 g/mol. The zero-order valence-electron chi connectivity index (χ0n) is 22.8. The van der Waals surface area contributed by atoms with Crippen LogP contribution < -0.4 is 24.6 Å². The van der Waals surface area contributed by atoms with E-state index in [0.717, 1.165) is 30.8 Å². The van der Waals surface area contributed by atoms with E-state index in [1.54, 1.807) is 18.0 Å². The van der Waals surface area contributed by atoms with Gasteiger partial charge in [0.05, 0.1) is 32.7 Å². The van der Waals surface area contributed by atoms with Crippen LogP contribution in [0.15, 0.2) is 67.1 Å². The molecule has 0 spiro atoms. The van der Waals surface area contributed by atoms with Crippen LogP contribution in [0.2, 0.25) is 10.0 Å². The molecule has 1 aliphatic carbocycles. The van der Waals surface area contributed by atoms with Crippen molar-refractivity contribution >= 4 is 58.2 Å². The molecule has 43 heavy (non-hydrogen) atoms. The first-order valence-electron chi connectivity index (χ1n) is 13.4. The molecule has 1 aliphatic heterocycles. The highest BCUT2D eigenvalue weighted by atomic mass is 35.5. The lowest BCUT2D eigenvalue weighted by Crippen LogP contribution is -2.45. The second kappa shape index (κ2) is 11.5. The third-order valence-electron chi connectivity index (χ3n) is 7.19. The van der Waals surface area contributed by atoms with E-state index >= 15 is 0 Å². The quantitative estimate of drug-likeness (QED) is 0.225. The number of carbonyl (C=O) groups excluding carboxylic acids is 2. The van der Waals surface area contributed by atoms with Gasteiger partial charge in [0, 0.05) is 56.9 Å². The molecule has 0 bridgehead atoms. The molecule has 1 fully saturated rings. The Hall–Kier alpha value is -4.74. The number of para-hydroxylation sites is 2. The molecule has 13 heteroatoms. The van der Waals surface area contributed by atoms with Gasteiger partial charge in [0.1, 0.15) is 17.1 Å². The molecule has 4 aromatic rings. The molecule has 6 rings (SSSR count). The molecule has 0 atom stereocenters. The number of ether oxygens (including phenoxy) is 2. The first-order chi connectivity index (χ1) is 20.7. The van der Waals surface area contributed by atoms with Gasteiger partial charge >= 0.3 is 6.16 Å². The molecule has 2 aromatic heterocycles. The number of aryl methyl sites for hydroxylation is 1. The second-order valence-electron chi connectivity index (χ2n) is 10.1. The summed E-state index contributed by atoms with van der Waals surface area (Å²) < 4.78 is 12.1. The fourth-order valence-corrected chi connectivity index (χ4v) is 5.48. The summed E-state index contributed by atoms with van der Waals surface area (Å²) in [4.78, 5) is 45.9. The maximum absolute atomic E-state index is 13.9. The van der Waals surface area contributed by atoms with Gasteiger partial charge in [0.25, 0.3) is 11.8 Å². The summed E-state index contributed by atoms with van der Waals surface area (Å²) in [5, 5.41) is 11.6. The summed E-state index contributed by atoms with van der Waals surface area (Å²) in [6, 6.07) is 14.0. The number of carbonyl (C=O) groups is 3. The molecule has 3 heterocycles. The first kappa shape index (κ1) is 28.4. The number of carboxylic acid groups (broad SMARTS) is 1. The molecule has 2 amide bonds. The smallest absolute Gasteiger partial charge is 0.455 e. The minimum absolute atomic E-state index is 0.0201. The fraction of sp³-hybridized carbons (Fsp3) is 0.200. The maximum atomic E-state index is 13.9. The number of hydrogen-bond donors (Lipinski definition) is 2. The molecular weight excluding hydrogens is 597 g/mol. The van der Waals surface area contributed by atoms with E-state index in [2.05, 4.69) is 19.9 Å². The van der Waals surface area contributed by atoms with Crippen molar-refractivity contribution in [3.05, 3.63) is 88.3 Å². The van der Waals surface area contributed by atoms with E-state index in [1.807, 2.05) is 24.3 Å². The van der Waals surface area contributed by atoms with Crippen molar-refractivity contribution in [2.75, 3.05) is 28.2 Å². The molecule has 1 saturated carbocycles. The Balaban J connectivity index is 1.22. The highest BCUT2D eigenvalue weighted by Crippen LogP contribution is 2.41. The third-order valence-corrected chi connectivity index (χ3v) is 7.79. The zero-order chi connectivity index (χ0) is 30.2. The molecule has 2 N–H and O–H groups in total. The minimum atomic E-state index is -1.48.